The summed E-state index contributed by atoms with van der Waals surface area (Å²) >= 11 is 6.20. The first-order valence-corrected chi connectivity index (χ1v) is 8.89. The molecule has 0 saturated carbocycles. The molecule has 5 N–H and O–H groups in total. The van der Waals surface area contributed by atoms with Crippen LogP contribution in [0.4, 0.5) is 16.2 Å². The summed E-state index contributed by atoms with van der Waals surface area (Å²) in [5.74, 6) is -0.965. The number of hydrogen-bond acceptors (Lipinski definition) is 3. The third-order valence-electron chi connectivity index (χ3n) is 4.51. The number of hydrogen-bond donors (Lipinski definition) is 4. The molecule has 1 saturated heterocycles. The van der Waals surface area contributed by atoms with Crippen molar-refractivity contribution in [3.05, 3.63) is 58.7 Å². The molecule has 1 aliphatic heterocycles. The second-order valence-electron chi connectivity index (χ2n) is 6.35. The van der Waals surface area contributed by atoms with E-state index in [4.69, 9.17) is 17.3 Å². The highest BCUT2D eigenvalue weighted by atomic mass is 35.5. The SMILES string of the molecule is NC(=O)c1cc2cc(NC(=O)c3cc(N4CCNC4=O)ccc3Cl)ccc2[nH]1. The molecule has 4 amide bonds. The summed E-state index contributed by atoms with van der Waals surface area (Å²) < 4.78 is 0. The van der Waals surface area contributed by atoms with Gasteiger partial charge in [0.25, 0.3) is 11.8 Å². The van der Waals surface area contributed by atoms with Gasteiger partial charge in [-0.1, -0.05) is 11.6 Å². The molecule has 28 heavy (non-hydrogen) atoms. The van der Waals surface area contributed by atoms with Crippen molar-refractivity contribution in [2.24, 2.45) is 5.73 Å². The summed E-state index contributed by atoms with van der Waals surface area (Å²) in [7, 11) is 0. The minimum absolute atomic E-state index is 0.211. The molecule has 8 nitrogen and oxygen atoms in total. The number of amides is 4. The lowest BCUT2D eigenvalue weighted by atomic mass is 10.1. The molecule has 2 heterocycles. The molecule has 0 unspecified atom stereocenters. The number of urea groups is 1. The average Bonchev–Trinajstić information content (AvgIpc) is 3.28. The molecule has 0 bridgehead atoms. The van der Waals surface area contributed by atoms with Crippen molar-refractivity contribution >= 4 is 51.7 Å². The number of fused-ring (bicyclic) bond motifs is 1. The summed E-state index contributed by atoms with van der Waals surface area (Å²) in [5, 5.41) is 6.52. The second kappa shape index (κ2) is 6.90. The van der Waals surface area contributed by atoms with Crippen molar-refractivity contribution in [2.45, 2.75) is 0 Å². The third kappa shape index (κ3) is 3.25. The van der Waals surface area contributed by atoms with E-state index in [1.54, 1.807) is 47.4 Å². The van der Waals surface area contributed by atoms with Crippen LogP contribution in [0.3, 0.4) is 0 Å². The van der Waals surface area contributed by atoms with Crippen LogP contribution in [-0.2, 0) is 0 Å². The number of carbonyl (C=O) groups excluding carboxylic acids is 3. The van der Waals surface area contributed by atoms with Crippen LogP contribution < -0.4 is 21.3 Å². The van der Waals surface area contributed by atoms with E-state index in [-0.39, 0.29) is 22.3 Å². The van der Waals surface area contributed by atoms with Gasteiger partial charge in [0.05, 0.1) is 10.6 Å². The van der Waals surface area contributed by atoms with Gasteiger partial charge in [0.1, 0.15) is 5.69 Å². The van der Waals surface area contributed by atoms with E-state index in [0.717, 1.165) is 10.9 Å². The molecule has 1 aromatic heterocycles. The fourth-order valence-electron chi connectivity index (χ4n) is 3.11. The van der Waals surface area contributed by atoms with Crippen LogP contribution >= 0.6 is 11.6 Å². The standard InChI is InChI=1S/C19H16ClN5O3/c20-14-3-2-12(25-6-5-22-19(25)28)9-13(14)18(27)23-11-1-4-15-10(7-11)8-16(24-15)17(21)26/h1-4,7-9,24H,5-6H2,(H2,21,26)(H,22,28)(H,23,27). The molecule has 0 radical (unpaired) electrons. The number of aromatic amines is 1. The summed E-state index contributed by atoms with van der Waals surface area (Å²) in [6.07, 6.45) is 0. The van der Waals surface area contributed by atoms with Crippen molar-refractivity contribution in [3.63, 3.8) is 0 Å². The predicted octanol–water partition coefficient (Wildman–Crippen LogP) is 2.70. The molecule has 2 aromatic carbocycles. The van der Waals surface area contributed by atoms with Gasteiger partial charge in [-0.2, -0.15) is 0 Å². The van der Waals surface area contributed by atoms with E-state index in [9.17, 15) is 14.4 Å². The number of benzene rings is 2. The Morgan fingerprint density at radius 2 is 1.96 bits per heavy atom. The maximum Gasteiger partial charge on any atom is 0.321 e. The first-order valence-electron chi connectivity index (χ1n) is 8.51. The number of anilines is 2. The molecule has 9 heteroatoms. The number of carbonyl (C=O) groups is 3. The Morgan fingerprint density at radius 3 is 2.68 bits per heavy atom. The van der Waals surface area contributed by atoms with E-state index in [1.165, 1.54) is 0 Å². The number of aromatic nitrogens is 1. The van der Waals surface area contributed by atoms with Crippen LogP contribution in [-0.4, -0.2) is 35.9 Å². The van der Waals surface area contributed by atoms with Gasteiger partial charge in [0.15, 0.2) is 0 Å². The summed E-state index contributed by atoms with van der Waals surface area (Å²) in [5.41, 5.74) is 7.68. The number of H-pyrrole nitrogens is 1. The van der Waals surface area contributed by atoms with Crippen LogP contribution in [0.15, 0.2) is 42.5 Å². The normalized spacial score (nSPS) is 13.6. The predicted molar refractivity (Wildman–Crippen MR) is 107 cm³/mol. The fraction of sp³-hybridized carbons (Fsp3) is 0.105. The molecule has 0 atom stereocenters. The molecule has 4 rings (SSSR count). The zero-order chi connectivity index (χ0) is 19.8. The third-order valence-corrected chi connectivity index (χ3v) is 4.84. The largest absolute Gasteiger partial charge is 0.364 e. The van der Waals surface area contributed by atoms with Crippen LogP contribution in [0, 0.1) is 0 Å². The van der Waals surface area contributed by atoms with E-state index in [0.29, 0.717) is 24.5 Å². The van der Waals surface area contributed by atoms with E-state index in [1.807, 2.05) is 0 Å². The minimum atomic E-state index is -0.559. The van der Waals surface area contributed by atoms with Gasteiger partial charge in [-0.3, -0.25) is 14.5 Å². The Balaban J connectivity index is 1.60. The Bertz CT molecular complexity index is 1120. The maximum absolute atomic E-state index is 12.7. The lowest BCUT2D eigenvalue weighted by Crippen LogP contribution is -2.28. The molecule has 0 spiro atoms. The van der Waals surface area contributed by atoms with Crippen molar-refractivity contribution < 1.29 is 14.4 Å². The summed E-state index contributed by atoms with van der Waals surface area (Å²) in [4.78, 5) is 40.3. The fourth-order valence-corrected chi connectivity index (χ4v) is 3.32. The number of rotatable bonds is 4. The Kier molecular flexibility index (Phi) is 4.40. The number of nitrogens with zero attached hydrogens (tertiary/aromatic N) is 1. The van der Waals surface area contributed by atoms with Crippen LogP contribution in [0.2, 0.25) is 5.02 Å². The van der Waals surface area contributed by atoms with E-state index >= 15 is 0 Å². The number of nitrogens with one attached hydrogen (secondary N) is 3. The lowest BCUT2D eigenvalue weighted by Gasteiger charge is -2.16. The molecule has 1 fully saturated rings. The van der Waals surface area contributed by atoms with Crippen molar-refractivity contribution in [1.29, 1.82) is 0 Å². The topological polar surface area (TPSA) is 120 Å². The monoisotopic (exact) mass is 397 g/mol. The molecule has 0 aliphatic carbocycles. The maximum atomic E-state index is 12.7. The highest BCUT2D eigenvalue weighted by Crippen LogP contribution is 2.26. The highest BCUT2D eigenvalue weighted by molar-refractivity contribution is 6.34. The lowest BCUT2D eigenvalue weighted by molar-refractivity contribution is 0.0994. The van der Waals surface area contributed by atoms with Crippen LogP contribution in [0.25, 0.3) is 10.9 Å². The van der Waals surface area contributed by atoms with Crippen LogP contribution in [0.5, 0.6) is 0 Å². The Hall–Kier alpha value is -3.52. The number of primary amides is 1. The van der Waals surface area contributed by atoms with Gasteiger partial charge in [0.2, 0.25) is 0 Å². The zero-order valence-electron chi connectivity index (χ0n) is 14.6. The molecular formula is C19H16ClN5O3. The minimum Gasteiger partial charge on any atom is -0.364 e. The summed E-state index contributed by atoms with van der Waals surface area (Å²) in [6, 6.07) is 11.4. The van der Waals surface area contributed by atoms with Gasteiger partial charge in [-0.15, -0.1) is 0 Å². The Morgan fingerprint density at radius 1 is 1.14 bits per heavy atom. The van der Waals surface area contributed by atoms with Gasteiger partial charge in [-0.05, 0) is 42.5 Å². The first kappa shape index (κ1) is 17.9. The van der Waals surface area contributed by atoms with Crippen molar-refractivity contribution in [3.8, 4) is 0 Å². The zero-order valence-corrected chi connectivity index (χ0v) is 15.3. The number of halogens is 1. The van der Waals surface area contributed by atoms with E-state index in [2.05, 4.69) is 15.6 Å². The van der Waals surface area contributed by atoms with Gasteiger partial charge < -0.3 is 21.4 Å². The first-order chi connectivity index (χ1) is 13.4. The molecular weight excluding hydrogens is 382 g/mol. The van der Waals surface area contributed by atoms with Crippen molar-refractivity contribution in [2.75, 3.05) is 23.3 Å². The highest BCUT2D eigenvalue weighted by Gasteiger charge is 2.23. The summed E-state index contributed by atoms with van der Waals surface area (Å²) in [6.45, 7) is 1.07. The van der Waals surface area contributed by atoms with E-state index < -0.39 is 11.8 Å². The van der Waals surface area contributed by atoms with Gasteiger partial charge in [-0.25, -0.2) is 4.79 Å². The Labute approximate surface area is 164 Å². The van der Waals surface area contributed by atoms with Crippen LogP contribution in [0.1, 0.15) is 20.8 Å². The quantitative estimate of drug-likeness (QED) is 0.541. The van der Waals surface area contributed by atoms with Gasteiger partial charge >= 0.3 is 6.03 Å². The number of nitrogens with two attached hydrogens (primary N) is 1. The molecule has 1 aliphatic rings. The second-order valence-corrected chi connectivity index (χ2v) is 6.76. The molecule has 142 valence electrons. The van der Waals surface area contributed by atoms with Gasteiger partial charge in [0, 0.05) is 35.4 Å². The molecule has 3 aromatic rings. The smallest absolute Gasteiger partial charge is 0.321 e. The average molecular weight is 398 g/mol. The van der Waals surface area contributed by atoms with Crippen molar-refractivity contribution in [1.82, 2.24) is 10.3 Å².